The monoisotopic (exact) mass is 241 g/mol. The number of rotatable bonds is 1. The molecule has 90 valence electrons. The minimum Gasteiger partial charge on any atom is -0.402 e. The molecule has 0 aliphatic carbocycles. The summed E-state index contributed by atoms with van der Waals surface area (Å²) in [6.07, 6.45) is 3.40. The maximum atomic E-state index is 11.3. The summed E-state index contributed by atoms with van der Waals surface area (Å²) in [5, 5.41) is 5.21. The second-order valence-electron chi connectivity index (χ2n) is 4.13. The SMILES string of the molecule is Cc1cc(=O)oc2nn(-c3ccncc3)c(C)c12. The Hall–Kier alpha value is -2.43. The molecule has 0 bridgehead atoms. The van der Waals surface area contributed by atoms with Crippen LogP contribution in [0.5, 0.6) is 0 Å². The van der Waals surface area contributed by atoms with Crippen molar-refractivity contribution < 1.29 is 4.42 Å². The number of hydrogen-bond donors (Lipinski definition) is 0. The van der Waals surface area contributed by atoms with Crippen molar-refractivity contribution in [2.45, 2.75) is 13.8 Å². The second-order valence-corrected chi connectivity index (χ2v) is 4.13. The zero-order chi connectivity index (χ0) is 12.7. The molecule has 3 aromatic rings. The molecule has 0 saturated carbocycles. The van der Waals surface area contributed by atoms with Gasteiger partial charge in [-0.3, -0.25) is 4.98 Å². The lowest BCUT2D eigenvalue weighted by molar-refractivity contribution is 0.543. The molecule has 0 N–H and O–H groups in total. The predicted octanol–water partition coefficient (Wildman–Crippen LogP) is 1.99. The van der Waals surface area contributed by atoms with E-state index in [9.17, 15) is 4.79 Å². The molecule has 0 aromatic carbocycles. The highest BCUT2D eigenvalue weighted by atomic mass is 16.4. The van der Waals surface area contributed by atoms with Crippen molar-refractivity contribution in [2.75, 3.05) is 0 Å². The molecular weight excluding hydrogens is 230 g/mol. The Morgan fingerprint density at radius 1 is 1.22 bits per heavy atom. The summed E-state index contributed by atoms with van der Waals surface area (Å²) < 4.78 is 6.87. The summed E-state index contributed by atoms with van der Waals surface area (Å²) in [6, 6.07) is 5.19. The summed E-state index contributed by atoms with van der Waals surface area (Å²) in [4.78, 5) is 15.3. The van der Waals surface area contributed by atoms with E-state index in [1.54, 1.807) is 17.1 Å². The van der Waals surface area contributed by atoms with E-state index in [0.29, 0.717) is 5.71 Å². The molecule has 0 unspecified atom stereocenters. The maximum Gasteiger partial charge on any atom is 0.337 e. The quantitative estimate of drug-likeness (QED) is 0.653. The third kappa shape index (κ3) is 1.52. The Balaban J connectivity index is 2.37. The molecule has 0 amide bonds. The van der Waals surface area contributed by atoms with Gasteiger partial charge >= 0.3 is 5.63 Å². The third-order valence-electron chi connectivity index (χ3n) is 2.92. The van der Waals surface area contributed by atoms with Gasteiger partial charge in [-0.1, -0.05) is 0 Å². The Bertz CT molecular complexity index is 772. The van der Waals surface area contributed by atoms with Gasteiger partial charge in [0.05, 0.1) is 16.8 Å². The zero-order valence-corrected chi connectivity index (χ0v) is 10.0. The van der Waals surface area contributed by atoms with Crippen LogP contribution in [0.4, 0.5) is 0 Å². The lowest BCUT2D eigenvalue weighted by Crippen LogP contribution is -1.98. The molecule has 0 aliphatic rings. The fraction of sp³-hybridized carbons (Fsp3) is 0.154. The number of aromatic nitrogens is 3. The summed E-state index contributed by atoms with van der Waals surface area (Å²) in [5.74, 6) is 0. The fourth-order valence-electron chi connectivity index (χ4n) is 2.11. The van der Waals surface area contributed by atoms with Crippen molar-refractivity contribution in [2.24, 2.45) is 0 Å². The average molecular weight is 241 g/mol. The van der Waals surface area contributed by atoms with Gasteiger partial charge in [0, 0.05) is 18.5 Å². The minimum atomic E-state index is -0.376. The highest BCUT2D eigenvalue weighted by molar-refractivity contribution is 5.80. The van der Waals surface area contributed by atoms with E-state index in [-0.39, 0.29) is 5.63 Å². The molecule has 0 fully saturated rings. The summed E-state index contributed by atoms with van der Waals surface area (Å²) >= 11 is 0. The molecule has 3 rings (SSSR count). The van der Waals surface area contributed by atoms with Crippen molar-refractivity contribution in [3.8, 4) is 5.69 Å². The average Bonchev–Trinajstić information content (AvgIpc) is 2.67. The smallest absolute Gasteiger partial charge is 0.337 e. The minimum absolute atomic E-state index is 0.370. The van der Waals surface area contributed by atoms with Crippen LogP contribution in [-0.4, -0.2) is 14.8 Å². The molecule has 3 heterocycles. The first-order valence-electron chi connectivity index (χ1n) is 5.57. The van der Waals surface area contributed by atoms with Gasteiger partial charge in [-0.2, -0.15) is 0 Å². The molecule has 5 heteroatoms. The molecular formula is C13H11N3O2. The van der Waals surface area contributed by atoms with Gasteiger partial charge < -0.3 is 4.42 Å². The number of pyridine rings is 1. The third-order valence-corrected chi connectivity index (χ3v) is 2.92. The van der Waals surface area contributed by atoms with Gasteiger partial charge in [0.25, 0.3) is 0 Å². The number of aryl methyl sites for hydroxylation is 2. The molecule has 0 saturated heterocycles. The van der Waals surface area contributed by atoms with Crippen molar-refractivity contribution in [1.29, 1.82) is 0 Å². The van der Waals surface area contributed by atoms with Crippen molar-refractivity contribution >= 4 is 11.1 Å². The van der Waals surface area contributed by atoms with E-state index >= 15 is 0 Å². The van der Waals surface area contributed by atoms with E-state index in [1.165, 1.54) is 6.07 Å². The van der Waals surface area contributed by atoms with Gasteiger partial charge in [-0.05, 0) is 31.5 Å². The standard InChI is InChI=1S/C13H11N3O2/c1-8-7-11(17)18-13-12(8)9(2)16(15-13)10-3-5-14-6-4-10/h3-7H,1-2H3. The number of nitrogens with zero attached hydrogens (tertiary/aromatic N) is 3. The van der Waals surface area contributed by atoms with Crippen molar-refractivity contribution in [3.05, 3.63) is 52.3 Å². The van der Waals surface area contributed by atoms with E-state index in [4.69, 9.17) is 4.42 Å². The molecule has 5 nitrogen and oxygen atoms in total. The van der Waals surface area contributed by atoms with Gasteiger partial charge in [0.15, 0.2) is 0 Å². The van der Waals surface area contributed by atoms with Crippen molar-refractivity contribution in [3.63, 3.8) is 0 Å². The fourth-order valence-corrected chi connectivity index (χ4v) is 2.11. The van der Waals surface area contributed by atoms with Gasteiger partial charge in [0.1, 0.15) is 0 Å². The summed E-state index contributed by atoms with van der Waals surface area (Å²) in [6.45, 7) is 3.83. The predicted molar refractivity (Wildman–Crippen MR) is 66.9 cm³/mol. The first kappa shape index (κ1) is 10.7. The normalized spacial score (nSPS) is 11.0. The lowest BCUT2D eigenvalue weighted by atomic mass is 10.2. The van der Waals surface area contributed by atoms with Gasteiger partial charge in [-0.25, -0.2) is 9.48 Å². The van der Waals surface area contributed by atoms with Crippen LogP contribution >= 0.6 is 0 Å². The van der Waals surface area contributed by atoms with Gasteiger partial charge in [0.2, 0.25) is 5.71 Å². The zero-order valence-electron chi connectivity index (χ0n) is 10.0. The molecule has 0 aliphatic heterocycles. The first-order valence-corrected chi connectivity index (χ1v) is 5.57. The Morgan fingerprint density at radius 2 is 1.94 bits per heavy atom. The van der Waals surface area contributed by atoms with Crippen LogP contribution in [0.2, 0.25) is 0 Å². The first-order chi connectivity index (χ1) is 8.66. The van der Waals surface area contributed by atoms with Crippen molar-refractivity contribution in [1.82, 2.24) is 14.8 Å². The van der Waals surface area contributed by atoms with Crippen LogP contribution in [-0.2, 0) is 0 Å². The maximum absolute atomic E-state index is 11.3. The Labute approximate surface area is 103 Å². The van der Waals surface area contributed by atoms with E-state index in [0.717, 1.165) is 22.3 Å². The van der Waals surface area contributed by atoms with Crippen LogP contribution in [0.1, 0.15) is 11.3 Å². The van der Waals surface area contributed by atoms with Crippen LogP contribution in [0.25, 0.3) is 16.8 Å². The highest BCUT2D eigenvalue weighted by Crippen LogP contribution is 2.22. The largest absolute Gasteiger partial charge is 0.402 e. The number of hydrogen-bond acceptors (Lipinski definition) is 4. The Kier molecular flexibility index (Phi) is 2.26. The Morgan fingerprint density at radius 3 is 2.67 bits per heavy atom. The van der Waals surface area contributed by atoms with Crippen LogP contribution < -0.4 is 5.63 Å². The number of fused-ring (bicyclic) bond motifs is 1. The molecule has 3 aromatic heterocycles. The highest BCUT2D eigenvalue weighted by Gasteiger charge is 2.13. The van der Waals surface area contributed by atoms with Crippen LogP contribution in [0, 0.1) is 13.8 Å². The van der Waals surface area contributed by atoms with E-state index < -0.39 is 0 Å². The molecule has 18 heavy (non-hydrogen) atoms. The van der Waals surface area contributed by atoms with Crippen LogP contribution in [0.3, 0.4) is 0 Å². The summed E-state index contributed by atoms with van der Waals surface area (Å²) in [7, 11) is 0. The second kappa shape index (κ2) is 3.80. The van der Waals surface area contributed by atoms with Gasteiger partial charge in [-0.15, -0.1) is 5.10 Å². The van der Waals surface area contributed by atoms with Crippen LogP contribution in [0.15, 0.2) is 39.8 Å². The molecule has 0 radical (unpaired) electrons. The van der Waals surface area contributed by atoms with E-state index in [2.05, 4.69) is 10.1 Å². The topological polar surface area (TPSA) is 60.9 Å². The molecule has 0 spiro atoms. The molecule has 0 atom stereocenters. The van der Waals surface area contributed by atoms with E-state index in [1.807, 2.05) is 26.0 Å². The lowest BCUT2D eigenvalue weighted by Gasteiger charge is -2.02. The summed E-state index contributed by atoms with van der Waals surface area (Å²) in [5.41, 5.74) is 2.70.